The van der Waals surface area contributed by atoms with Gasteiger partial charge in [0, 0.05) is 37.5 Å². The Hall–Kier alpha value is -3.35. The molecule has 1 saturated heterocycles. The molecule has 9 nitrogen and oxygen atoms in total. The smallest absolute Gasteiger partial charge is 0.259 e. The van der Waals surface area contributed by atoms with Gasteiger partial charge in [-0.3, -0.25) is 4.79 Å². The number of anilines is 2. The van der Waals surface area contributed by atoms with Crippen molar-refractivity contribution in [3.05, 3.63) is 12.1 Å². The van der Waals surface area contributed by atoms with Crippen molar-refractivity contribution in [2.45, 2.75) is 32.1 Å². The molecule has 0 spiro atoms. The van der Waals surface area contributed by atoms with Crippen molar-refractivity contribution in [2.75, 3.05) is 37.5 Å². The Morgan fingerprint density at radius 2 is 2.07 bits per heavy atom. The quantitative estimate of drug-likeness (QED) is 0.706. The van der Waals surface area contributed by atoms with E-state index in [0.717, 1.165) is 12.8 Å². The van der Waals surface area contributed by atoms with Crippen LogP contribution >= 0.6 is 0 Å². The molecule has 0 radical (unpaired) electrons. The lowest BCUT2D eigenvalue weighted by molar-refractivity contribution is -0.119. The summed E-state index contributed by atoms with van der Waals surface area (Å²) in [4.78, 5) is 22.3. The molecule has 3 rings (SSSR count). The molecular weight excluding hydrogens is 379 g/mol. The van der Waals surface area contributed by atoms with Crippen molar-refractivity contribution >= 4 is 28.6 Å². The Bertz CT molecular complexity index is 948. The van der Waals surface area contributed by atoms with Gasteiger partial charge in [0.05, 0.1) is 19.7 Å². The summed E-state index contributed by atoms with van der Waals surface area (Å²) in [6, 6.07) is 4.90. The first-order chi connectivity index (χ1) is 13.9. The van der Waals surface area contributed by atoms with Crippen molar-refractivity contribution in [1.82, 2.24) is 15.3 Å². The first-order valence-electron chi connectivity index (χ1n) is 9.21. The number of fused-ring (bicyclic) bond motifs is 1. The number of hydrogen-bond acceptors (Lipinski definition) is 8. The molecule has 10 heteroatoms. The molecule has 1 fully saturated rings. The summed E-state index contributed by atoms with van der Waals surface area (Å²) in [6.07, 6.45) is -0.215. The van der Waals surface area contributed by atoms with E-state index in [2.05, 4.69) is 20.6 Å². The third-order valence-corrected chi connectivity index (χ3v) is 4.68. The Morgan fingerprint density at radius 1 is 1.34 bits per heavy atom. The number of amides is 1. The molecule has 2 atom stereocenters. The Labute approximate surface area is 167 Å². The number of carbonyl (C=O) groups is 1. The number of benzene rings is 1. The van der Waals surface area contributed by atoms with Gasteiger partial charge < -0.3 is 25.0 Å². The maximum atomic E-state index is 13.6. The predicted octanol–water partition coefficient (Wildman–Crippen LogP) is 1.98. The number of rotatable bonds is 6. The number of alkyl halides is 1. The highest BCUT2D eigenvalue weighted by molar-refractivity contribution is 5.93. The van der Waals surface area contributed by atoms with E-state index in [9.17, 15) is 9.18 Å². The average molecular weight is 402 g/mol. The fourth-order valence-corrected chi connectivity index (χ4v) is 3.47. The van der Waals surface area contributed by atoms with Gasteiger partial charge in [-0.1, -0.05) is 0 Å². The van der Waals surface area contributed by atoms with E-state index < -0.39 is 6.30 Å². The monoisotopic (exact) mass is 402 g/mol. The minimum Gasteiger partial charge on any atom is -0.493 e. The van der Waals surface area contributed by atoms with Crippen LogP contribution in [0.3, 0.4) is 0 Å². The molecule has 1 amide bonds. The average Bonchev–Trinajstić information content (AvgIpc) is 2.71. The van der Waals surface area contributed by atoms with Crippen molar-refractivity contribution in [3.63, 3.8) is 0 Å². The van der Waals surface area contributed by atoms with Gasteiger partial charge in [0.15, 0.2) is 11.5 Å². The predicted molar refractivity (Wildman–Crippen MR) is 106 cm³/mol. The van der Waals surface area contributed by atoms with Gasteiger partial charge in [0.25, 0.3) is 6.30 Å². The normalized spacial score (nSPS) is 17.3. The Balaban J connectivity index is 2.09. The lowest BCUT2D eigenvalue weighted by atomic mass is 10.0. The molecule has 2 heterocycles. The van der Waals surface area contributed by atoms with Gasteiger partial charge in [-0.15, -0.1) is 0 Å². The van der Waals surface area contributed by atoms with Crippen LogP contribution in [-0.4, -0.2) is 55.5 Å². The van der Waals surface area contributed by atoms with Crippen LogP contribution in [0.1, 0.15) is 19.8 Å². The number of nitrogens with one attached hydrogen (secondary N) is 2. The van der Waals surface area contributed by atoms with Gasteiger partial charge in [0.2, 0.25) is 11.9 Å². The molecule has 1 aromatic carbocycles. The van der Waals surface area contributed by atoms with Gasteiger partial charge in [-0.25, -0.2) is 9.37 Å². The highest BCUT2D eigenvalue weighted by Gasteiger charge is 2.25. The highest BCUT2D eigenvalue weighted by Crippen LogP contribution is 2.36. The zero-order chi connectivity index (χ0) is 21.0. The molecular formula is C19H23FN6O3. The van der Waals surface area contributed by atoms with E-state index in [1.54, 1.807) is 12.1 Å². The number of aromatic nitrogens is 2. The number of methoxy groups -OCH3 is 2. The van der Waals surface area contributed by atoms with Crippen molar-refractivity contribution in [2.24, 2.45) is 0 Å². The molecule has 29 heavy (non-hydrogen) atoms. The molecule has 2 aromatic rings. The van der Waals surface area contributed by atoms with Crippen molar-refractivity contribution in [3.8, 4) is 17.6 Å². The van der Waals surface area contributed by atoms with Crippen molar-refractivity contribution < 1.29 is 18.7 Å². The molecule has 1 aliphatic heterocycles. The van der Waals surface area contributed by atoms with E-state index in [0.29, 0.717) is 41.3 Å². The summed E-state index contributed by atoms with van der Waals surface area (Å²) in [6.45, 7) is 2.76. The van der Waals surface area contributed by atoms with Gasteiger partial charge in [0.1, 0.15) is 11.9 Å². The Morgan fingerprint density at radius 3 is 2.72 bits per heavy atom. The SMILES string of the molecule is COc1cc2nc(NC(F)C#N)nc(N3CCCC(NC(C)=O)C3)c2cc1OC. The van der Waals surface area contributed by atoms with Crippen LogP contribution < -0.4 is 25.0 Å². The number of piperidine rings is 1. The topological polar surface area (TPSA) is 112 Å². The second-order valence-electron chi connectivity index (χ2n) is 6.72. The molecule has 154 valence electrons. The summed E-state index contributed by atoms with van der Waals surface area (Å²) in [5, 5.41) is 14.8. The fourth-order valence-electron chi connectivity index (χ4n) is 3.47. The molecule has 1 aliphatic rings. The van der Waals surface area contributed by atoms with Gasteiger partial charge in [-0.05, 0) is 18.9 Å². The number of carbonyl (C=O) groups excluding carboxylic acids is 1. The second kappa shape index (κ2) is 8.77. The molecule has 1 aromatic heterocycles. The van der Waals surface area contributed by atoms with Crippen LogP contribution in [0.4, 0.5) is 16.2 Å². The van der Waals surface area contributed by atoms with Gasteiger partial charge in [-0.2, -0.15) is 10.2 Å². The highest BCUT2D eigenvalue weighted by atomic mass is 19.1. The largest absolute Gasteiger partial charge is 0.493 e. The van der Waals surface area contributed by atoms with E-state index in [1.165, 1.54) is 27.2 Å². The van der Waals surface area contributed by atoms with Crippen LogP contribution in [0.2, 0.25) is 0 Å². The van der Waals surface area contributed by atoms with Crippen LogP contribution in [0.25, 0.3) is 10.9 Å². The summed E-state index contributed by atoms with van der Waals surface area (Å²) in [5.41, 5.74) is 0.516. The number of ether oxygens (including phenoxy) is 2. The van der Waals surface area contributed by atoms with Crippen LogP contribution in [0, 0.1) is 11.3 Å². The third-order valence-electron chi connectivity index (χ3n) is 4.68. The number of nitrogens with zero attached hydrogens (tertiary/aromatic N) is 4. The Kier molecular flexibility index (Phi) is 6.16. The van der Waals surface area contributed by atoms with Crippen LogP contribution in [0.15, 0.2) is 12.1 Å². The van der Waals surface area contributed by atoms with E-state index in [4.69, 9.17) is 14.7 Å². The summed E-state index contributed by atoms with van der Waals surface area (Å²) >= 11 is 0. The lowest BCUT2D eigenvalue weighted by Gasteiger charge is -2.34. The van der Waals surface area contributed by atoms with Crippen LogP contribution in [-0.2, 0) is 4.79 Å². The number of halogens is 1. The van der Waals surface area contributed by atoms with E-state index in [-0.39, 0.29) is 17.9 Å². The molecule has 0 aliphatic carbocycles. The van der Waals surface area contributed by atoms with Crippen molar-refractivity contribution in [1.29, 1.82) is 5.26 Å². The minimum atomic E-state index is -1.94. The second-order valence-corrected chi connectivity index (χ2v) is 6.72. The van der Waals surface area contributed by atoms with E-state index in [1.807, 2.05) is 4.90 Å². The zero-order valence-electron chi connectivity index (χ0n) is 16.5. The molecule has 2 unspecified atom stereocenters. The summed E-state index contributed by atoms with van der Waals surface area (Å²) < 4.78 is 24.3. The summed E-state index contributed by atoms with van der Waals surface area (Å²) in [7, 11) is 3.05. The molecule has 0 bridgehead atoms. The number of nitriles is 1. The van der Waals surface area contributed by atoms with Crippen LogP contribution in [0.5, 0.6) is 11.5 Å². The summed E-state index contributed by atoms with van der Waals surface area (Å²) in [5.74, 6) is 1.46. The zero-order valence-corrected chi connectivity index (χ0v) is 16.5. The lowest BCUT2D eigenvalue weighted by Crippen LogP contribution is -2.47. The third kappa shape index (κ3) is 4.56. The number of hydrogen-bond donors (Lipinski definition) is 2. The molecule has 0 saturated carbocycles. The fraction of sp³-hybridized carbons (Fsp3) is 0.474. The first-order valence-corrected chi connectivity index (χ1v) is 9.21. The molecule has 2 N–H and O–H groups in total. The maximum Gasteiger partial charge on any atom is 0.259 e. The van der Waals surface area contributed by atoms with Gasteiger partial charge >= 0.3 is 0 Å². The first kappa shape index (κ1) is 20.4. The maximum absolute atomic E-state index is 13.6. The van der Waals surface area contributed by atoms with E-state index >= 15 is 0 Å². The standard InChI is InChI=1S/C19H23FN6O3/c1-11(27)22-12-5-4-6-26(10-12)18-13-7-15(28-2)16(29-3)8-14(13)23-19(25-18)24-17(20)9-21/h7-8,12,17H,4-6,10H2,1-3H3,(H,22,27)(H,23,24,25). The minimum absolute atomic E-state index is 0.00424.